The molecule has 0 aliphatic heterocycles. The van der Waals surface area contributed by atoms with Gasteiger partial charge in [-0.2, -0.15) is 0 Å². The van der Waals surface area contributed by atoms with Gasteiger partial charge in [0.25, 0.3) is 0 Å². The van der Waals surface area contributed by atoms with E-state index in [0.717, 1.165) is 29.8 Å². The smallest absolute Gasteiger partial charge is 0.355 e. The maximum Gasteiger partial charge on any atom is 0.355 e. The maximum atomic E-state index is 13.1. The normalized spacial score (nSPS) is 12.5. The molecule has 1 heterocycles. The molecule has 0 atom stereocenters. The molecule has 0 unspecified atom stereocenters. The van der Waals surface area contributed by atoms with Crippen molar-refractivity contribution < 1.29 is 22.3 Å². The van der Waals surface area contributed by atoms with Gasteiger partial charge in [-0.05, 0) is 53.4 Å². The molecule has 3 rings (SSSR count). The van der Waals surface area contributed by atoms with E-state index in [-0.39, 0.29) is 27.0 Å². The zero-order chi connectivity index (χ0) is 19.3. The van der Waals surface area contributed by atoms with E-state index in [0.29, 0.717) is 0 Å². The molecule has 1 N–H and O–H groups in total. The summed E-state index contributed by atoms with van der Waals surface area (Å²) in [6.07, 6.45) is 0. The number of sulfone groups is 1. The van der Waals surface area contributed by atoms with Crippen LogP contribution in [0.4, 0.5) is 4.39 Å². The lowest BCUT2D eigenvalue weighted by molar-refractivity contribution is 0.449. The Hall–Kier alpha value is -2.67. The van der Waals surface area contributed by atoms with Crippen LogP contribution < -0.4 is 5.63 Å². The molecule has 0 fully saturated rings. The lowest BCUT2D eigenvalue weighted by atomic mass is 9.86. The third kappa shape index (κ3) is 3.10. The van der Waals surface area contributed by atoms with Crippen molar-refractivity contribution >= 4 is 20.8 Å². The Bertz CT molecular complexity index is 1150. The molecular formula is C19H17FO5S. The Morgan fingerprint density at radius 2 is 1.65 bits per heavy atom. The number of rotatable bonds is 2. The van der Waals surface area contributed by atoms with Crippen molar-refractivity contribution in [1.82, 2.24) is 0 Å². The van der Waals surface area contributed by atoms with Gasteiger partial charge >= 0.3 is 5.63 Å². The van der Waals surface area contributed by atoms with Crippen LogP contribution in [0.5, 0.6) is 5.75 Å². The molecule has 0 saturated carbocycles. The SMILES string of the molecule is CC(C)(C)c1cc(O)c2oc(=O)c(S(=O)(=O)c3ccc(F)cc3)cc2c1. The van der Waals surface area contributed by atoms with Gasteiger partial charge in [-0.15, -0.1) is 0 Å². The molecular weight excluding hydrogens is 359 g/mol. The summed E-state index contributed by atoms with van der Waals surface area (Å²) in [5.41, 5.74) is -0.735. The average molecular weight is 376 g/mol. The zero-order valence-electron chi connectivity index (χ0n) is 14.4. The van der Waals surface area contributed by atoms with E-state index in [1.807, 2.05) is 20.8 Å². The first-order valence-corrected chi connectivity index (χ1v) is 9.30. The fourth-order valence-electron chi connectivity index (χ4n) is 2.56. The van der Waals surface area contributed by atoms with E-state index in [4.69, 9.17) is 4.42 Å². The second-order valence-electron chi connectivity index (χ2n) is 7.02. The summed E-state index contributed by atoms with van der Waals surface area (Å²) in [7, 11) is -4.19. The topological polar surface area (TPSA) is 84.6 Å². The first-order chi connectivity index (χ1) is 12.0. The van der Waals surface area contributed by atoms with Crippen molar-refractivity contribution in [1.29, 1.82) is 0 Å². The van der Waals surface area contributed by atoms with Crippen molar-refractivity contribution in [2.24, 2.45) is 0 Å². The van der Waals surface area contributed by atoms with Crippen LogP contribution in [0.3, 0.4) is 0 Å². The summed E-state index contributed by atoms with van der Waals surface area (Å²) in [6.45, 7) is 5.80. The van der Waals surface area contributed by atoms with Crippen LogP contribution in [0.1, 0.15) is 26.3 Å². The maximum absolute atomic E-state index is 13.1. The van der Waals surface area contributed by atoms with Crippen molar-refractivity contribution in [2.45, 2.75) is 36.0 Å². The van der Waals surface area contributed by atoms with Crippen LogP contribution in [-0.2, 0) is 15.3 Å². The molecule has 136 valence electrons. The minimum absolute atomic E-state index is 0.0824. The zero-order valence-corrected chi connectivity index (χ0v) is 15.2. The Kier molecular flexibility index (Phi) is 4.15. The van der Waals surface area contributed by atoms with Gasteiger partial charge in [0.2, 0.25) is 9.84 Å². The molecule has 0 spiro atoms. The van der Waals surface area contributed by atoms with Gasteiger partial charge in [0, 0.05) is 5.39 Å². The minimum atomic E-state index is -4.19. The van der Waals surface area contributed by atoms with Gasteiger partial charge in [-0.3, -0.25) is 0 Å². The number of hydrogen-bond donors (Lipinski definition) is 1. The van der Waals surface area contributed by atoms with E-state index in [1.54, 1.807) is 6.07 Å². The van der Waals surface area contributed by atoms with Crippen molar-refractivity contribution in [3.63, 3.8) is 0 Å². The Balaban J connectivity index is 2.28. The van der Waals surface area contributed by atoms with Crippen molar-refractivity contribution in [2.75, 3.05) is 0 Å². The number of hydrogen-bond acceptors (Lipinski definition) is 5. The van der Waals surface area contributed by atoms with Gasteiger partial charge in [0.05, 0.1) is 4.90 Å². The molecule has 0 radical (unpaired) electrons. The highest BCUT2D eigenvalue weighted by atomic mass is 32.2. The summed E-state index contributed by atoms with van der Waals surface area (Å²) in [5, 5.41) is 10.4. The minimum Gasteiger partial charge on any atom is -0.504 e. The average Bonchev–Trinajstić information content (AvgIpc) is 2.54. The second kappa shape index (κ2) is 5.95. The van der Waals surface area contributed by atoms with Gasteiger partial charge in [-0.25, -0.2) is 17.6 Å². The molecule has 0 amide bonds. The molecule has 0 saturated heterocycles. The Labute approximate surface area is 149 Å². The molecule has 26 heavy (non-hydrogen) atoms. The molecule has 0 bridgehead atoms. The van der Waals surface area contributed by atoms with E-state index < -0.39 is 26.2 Å². The first-order valence-electron chi connectivity index (χ1n) is 7.82. The van der Waals surface area contributed by atoms with Crippen LogP contribution in [0.2, 0.25) is 0 Å². The first kappa shape index (κ1) is 18.1. The number of fused-ring (bicyclic) bond motifs is 1. The predicted molar refractivity (Wildman–Crippen MR) is 94.7 cm³/mol. The number of halogens is 1. The summed E-state index contributed by atoms with van der Waals surface area (Å²) in [6, 6.07) is 8.49. The fourth-order valence-corrected chi connectivity index (χ4v) is 3.85. The largest absolute Gasteiger partial charge is 0.504 e. The number of phenolic OH excluding ortho intramolecular Hbond substituents is 1. The molecule has 0 aliphatic rings. The molecule has 1 aromatic heterocycles. The fraction of sp³-hybridized carbons (Fsp3) is 0.211. The summed E-state index contributed by atoms with van der Waals surface area (Å²) < 4.78 is 43.6. The highest BCUT2D eigenvalue weighted by molar-refractivity contribution is 7.91. The molecule has 0 aliphatic carbocycles. The van der Waals surface area contributed by atoms with E-state index in [9.17, 15) is 22.7 Å². The van der Waals surface area contributed by atoms with Crippen molar-refractivity contribution in [3.8, 4) is 5.75 Å². The Morgan fingerprint density at radius 3 is 2.23 bits per heavy atom. The van der Waals surface area contributed by atoms with Gasteiger partial charge < -0.3 is 9.52 Å². The van der Waals surface area contributed by atoms with Crippen LogP contribution in [0, 0.1) is 5.82 Å². The van der Waals surface area contributed by atoms with Crippen LogP contribution in [0.25, 0.3) is 11.0 Å². The third-order valence-corrected chi connectivity index (χ3v) is 5.82. The van der Waals surface area contributed by atoms with Crippen LogP contribution in [0.15, 0.2) is 61.5 Å². The number of phenols is 1. The van der Waals surface area contributed by atoms with E-state index in [1.165, 1.54) is 12.1 Å². The van der Waals surface area contributed by atoms with Crippen LogP contribution in [-0.4, -0.2) is 13.5 Å². The van der Waals surface area contributed by atoms with Gasteiger partial charge in [-0.1, -0.05) is 20.8 Å². The lowest BCUT2D eigenvalue weighted by Gasteiger charge is -2.19. The van der Waals surface area contributed by atoms with Crippen LogP contribution >= 0.6 is 0 Å². The third-order valence-electron chi connectivity index (χ3n) is 4.06. The molecule has 3 aromatic rings. The molecule has 2 aromatic carbocycles. The Morgan fingerprint density at radius 1 is 1.04 bits per heavy atom. The highest BCUT2D eigenvalue weighted by Gasteiger charge is 2.25. The predicted octanol–water partition coefficient (Wildman–Crippen LogP) is 3.77. The van der Waals surface area contributed by atoms with Gasteiger partial charge in [0.15, 0.2) is 16.2 Å². The van der Waals surface area contributed by atoms with Crippen molar-refractivity contribution in [3.05, 3.63) is 64.3 Å². The second-order valence-corrected chi connectivity index (χ2v) is 8.94. The molecule has 5 nitrogen and oxygen atoms in total. The number of aromatic hydroxyl groups is 1. The van der Waals surface area contributed by atoms with Gasteiger partial charge in [0.1, 0.15) is 5.82 Å². The van der Waals surface area contributed by atoms with E-state index >= 15 is 0 Å². The monoisotopic (exact) mass is 376 g/mol. The van der Waals surface area contributed by atoms with E-state index in [2.05, 4.69) is 0 Å². The standard InChI is InChI=1S/C19H17FO5S/c1-19(2,3)12-8-11-9-16(18(22)25-17(11)15(21)10-12)26(23,24)14-6-4-13(20)5-7-14/h4-10,21H,1-3H3. The summed E-state index contributed by atoms with van der Waals surface area (Å²) >= 11 is 0. The molecule has 7 heteroatoms. The summed E-state index contributed by atoms with van der Waals surface area (Å²) in [4.78, 5) is 11.4. The number of benzene rings is 2. The summed E-state index contributed by atoms with van der Waals surface area (Å²) in [5.74, 6) is -0.829. The highest BCUT2D eigenvalue weighted by Crippen LogP contribution is 2.33. The quantitative estimate of drug-likeness (QED) is 0.544. The lowest BCUT2D eigenvalue weighted by Crippen LogP contribution is -2.15.